The fraction of sp³-hybridized carbons (Fsp3) is 0.524. The van der Waals surface area contributed by atoms with Gasteiger partial charge in [-0.05, 0) is 44.2 Å². The molecule has 1 aromatic heterocycles. The zero-order valence-electron chi connectivity index (χ0n) is 17.2. The molecule has 3 fully saturated rings. The molecule has 2 unspecified atom stereocenters. The van der Waals surface area contributed by atoms with E-state index >= 15 is 4.39 Å². The molecular weight excluding hydrogens is 377 g/mol. The summed E-state index contributed by atoms with van der Waals surface area (Å²) < 4.78 is 31.0. The van der Waals surface area contributed by atoms with E-state index in [1.165, 1.54) is 7.11 Å². The van der Waals surface area contributed by atoms with E-state index in [0.717, 1.165) is 38.3 Å². The Kier molecular flexibility index (Phi) is 4.00. The summed E-state index contributed by atoms with van der Waals surface area (Å²) >= 11 is 0. The van der Waals surface area contributed by atoms with Crippen molar-refractivity contribution in [3.63, 3.8) is 0 Å². The predicted octanol–water partition coefficient (Wildman–Crippen LogP) is 2.37. The average Bonchev–Trinajstić information content (AvgIpc) is 3.45. The lowest BCUT2D eigenvalue weighted by Crippen LogP contribution is -2.40. The highest BCUT2D eigenvalue weighted by atomic mass is 19.1. The highest BCUT2D eigenvalue weighted by Crippen LogP contribution is 2.45. The molecule has 0 bridgehead atoms. The third-order valence-corrected chi connectivity index (χ3v) is 6.37. The molecule has 2 atom stereocenters. The Morgan fingerprint density at radius 2 is 2.17 bits per heavy atom. The van der Waals surface area contributed by atoms with Crippen molar-refractivity contribution < 1.29 is 20.4 Å². The normalized spacial score (nSPS) is 24.5. The van der Waals surface area contributed by atoms with Gasteiger partial charge in [0, 0.05) is 31.3 Å². The first-order chi connectivity index (χ1) is 14.4. The van der Waals surface area contributed by atoms with E-state index in [9.17, 15) is 14.7 Å². The topological polar surface area (TPSA) is 83.8 Å². The number of hydrogen-bond donors (Lipinski definition) is 2. The van der Waals surface area contributed by atoms with Gasteiger partial charge in [-0.1, -0.05) is 0 Å². The second-order valence-electron chi connectivity index (χ2n) is 8.23. The van der Waals surface area contributed by atoms with Crippen LogP contribution in [0.1, 0.15) is 43.5 Å². The molecule has 29 heavy (non-hydrogen) atoms. The monoisotopic (exact) mass is 402 g/mol. The number of aromatic carboxylic acids is 1. The van der Waals surface area contributed by atoms with Crippen LogP contribution < -0.4 is 20.4 Å². The van der Waals surface area contributed by atoms with Crippen LogP contribution in [-0.4, -0.2) is 48.4 Å². The number of anilines is 1. The summed E-state index contributed by atoms with van der Waals surface area (Å²) in [5.41, 5.74) is -0.864. The molecular formula is C21H24FN3O4. The summed E-state index contributed by atoms with van der Waals surface area (Å²) in [5, 5.41) is 12.9. The van der Waals surface area contributed by atoms with Crippen LogP contribution in [-0.2, 0) is 0 Å². The van der Waals surface area contributed by atoms with Crippen molar-refractivity contribution in [2.75, 3.05) is 31.6 Å². The van der Waals surface area contributed by atoms with Crippen LogP contribution in [0, 0.1) is 11.7 Å². The first-order valence-electron chi connectivity index (χ1n) is 10.6. The zero-order valence-corrected chi connectivity index (χ0v) is 16.2. The molecule has 0 radical (unpaired) electrons. The maximum Gasteiger partial charge on any atom is 0.341 e. The third kappa shape index (κ3) is 2.88. The van der Waals surface area contributed by atoms with E-state index in [1.807, 2.05) is 4.90 Å². The lowest BCUT2D eigenvalue weighted by atomic mass is 9.94. The van der Waals surface area contributed by atoms with E-state index in [0.29, 0.717) is 24.5 Å². The number of methoxy groups -OCH3 is 1. The smallest absolute Gasteiger partial charge is 0.341 e. The average molecular weight is 402 g/mol. The van der Waals surface area contributed by atoms with Crippen LogP contribution in [0.3, 0.4) is 0 Å². The number of ether oxygens (including phenoxy) is 1. The van der Waals surface area contributed by atoms with Crippen LogP contribution in [0.2, 0.25) is 0 Å². The number of carbonyl (C=O) groups is 1. The Labute approximate surface area is 168 Å². The van der Waals surface area contributed by atoms with Crippen LogP contribution >= 0.6 is 0 Å². The number of carboxylic acids is 1. The van der Waals surface area contributed by atoms with Crippen molar-refractivity contribution >= 4 is 22.6 Å². The van der Waals surface area contributed by atoms with Gasteiger partial charge in [0.25, 0.3) is 0 Å². The maximum absolute atomic E-state index is 15.4. The van der Waals surface area contributed by atoms with Gasteiger partial charge in [-0.3, -0.25) is 4.79 Å². The molecule has 154 valence electrons. The maximum atomic E-state index is 15.4. The predicted molar refractivity (Wildman–Crippen MR) is 107 cm³/mol. The van der Waals surface area contributed by atoms with Gasteiger partial charge in [-0.25, -0.2) is 9.18 Å². The van der Waals surface area contributed by atoms with Crippen molar-refractivity contribution in [1.29, 1.82) is 0 Å². The molecule has 1 aliphatic carbocycles. The Morgan fingerprint density at radius 1 is 1.38 bits per heavy atom. The van der Waals surface area contributed by atoms with E-state index < -0.39 is 22.8 Å². The Morgan fingerprint density at radius 3 is 2.83 bits per heavy atom. The molecule has 0 spiro atoms. The molecule has 1 saturated carbocycles. The second-order valence-corrected chi connectivity index (χ2v) is 8.23. The molecule has 3 aliphatic rings. The van der Waals surface area contributed by atoms with Gasteiger partial charge in [0.05, 0.1) is 19.4 Å². The number of nitrogens with one attached hydrogen (secondary N) is 1. The number of carboxylic acid groups (broad SMARTS) is 1. The summed E-state index contributed by atoms with van der Waals surface area (Å²) in [6, 6.07) is 1.31. The number of fused-ring (bicyclic) bond motifs is 2. The number of benzene rings is 1. The van der Waals surface area contributed by atoms with Gasteiger partial charge >= 0.3 is 5.97 Å². The summed E-state index contributed by atoms with van der Waals surface area (Å²) in [6.07, 6.45) is 3.37. The van der Waals surface area contributed by atoms with E-state index in [4.69, 9.17) is 6.11 Å². The summed E-state index contributed by atoms with van der Waals surface area (Å²) in [5.74, 6) is -1.45. The fourth-order valence-corrected chi connectivity index (χ4v) is 4.85. The SMILES string of the molecule is [2H]c1c(C(=O)O)c(=O)c2cc(F)c(N3CC4CCCNC4C3)c(OC)c2n1C1CC1. The molecule has 1 aromatic carbocycles. The first-order valence-corrected chi connectivity index (χ1v) is 10.1. The molecule has 2 saturated heterocycles. The number of rotatable bonds is 4. The quantitative estimate of drug-likeness (QED) is 0.817. The largest absolute Gasteiger partial charge is 0.492 e. The van der Waals surface area contributed by atoms with Gasteiger partial charge < -0.3 is 24.6 Å². The van der Waals surface area contributed by atoms with Gasteiger partial charge in [0.1, 0.15) is 11.3 Å². The van der Waals surface area contributed by atoms with Gasteiger partial charge in [0.2, 0.25) is 5.43 Å². The first kappa shape index (κ1) is 17.3. The fourth-order valence-electron chi connectivity index (χ4n) is 4.85. The van der Waals surface area contributed by atoms with E-state index in [2.05, 4.69) is 5.32 Å². The lowest BCUT2D eigenvalue weighted by molar-refractivity contribution is 0.0695. The highest BCUT2D eigenvalue weighted by Gasteiger charge is 2.38. The Bertz CT molecular complexity index is 1100. The minimum Gasteiger partial charge on any atom is -0.492 e. The van der Waals surface area contributed by atoms with Gasteiger partial charge in [-0.2, -0.15) is 0 Å². The van der Waals surface area contributed by atoms with Crippen LogP contribution in [0.15, 0.2) is 17.0 Å². The molecule has 3 heterocycles. The van der Waals surface area contributed by atoms with Crippen LogP contribution in [0.4, 0.5) is 10.1 Å². The van der Waals surface area contributed by atoms with Gasteiger partial charge in [0.15, 0.2) is 11.6 Å². The summed E-state index contributed by atoms with van der Waals surface area (Å²) in [4.78, 5) is 26.5. The molecule has 2 aromatic rings. The van der Waals surface area contributed by atoms with Crippen molar-refractivity contribution in [3.8, 4) is 5.75 Å². The van der Waals surface area contributed by atoms with E-state index in [1.54, 1.807) is 4.57 Å². The standard InChI is InChI=1S/C21H24FN3O4/c1-29-20-17-13(19(26)14(21(27)28)9-25(17)12-4-5-12)7-15(22)18(20)24-8-11-3-2-6-23-16(11)10-24/h7,9,11-12,16,23H,2-6,8,10H2,1H3,(H,27,28)/i9D. The summed E-state index contributed by atoms with van der Waals surface area (Å²) in [7, 11) is 1.43. The van der Waals surface area contributed by atoms with Crippen LogP contribution in [0.25, 0.3) is 10.9 Å². The molecule has 2 aliphatic heterocycles. The molecule has 7 nitrogen and oxygen atoms in total. The number of nitrogens with zero attached hydrogens (tertiary/aromatic N) is 2. The van der Waals surface area contributed by atoms with Crippen molar-refractivity contribution in [3.05, 3.63) is 33.8 Å². The van der Waals surface area contributed by atoms with E-state index in [-0.39, 0.29) is 35.1 Å². The minimum atomic E-state index is -1.47. The summed E-state index contributed by atoms with van der Waals surface area (Å²) in [6.45, 7) is 2.27. The highest BCUT2D eigenvalue weighted by molar-refractivity contribution is 5.97. The molecule has 0 amide bonds. The third-order valence-electron chi connectivity index (χ3n) is 6.37. The number of piperidine rings is 1. The Hall–Kier alpha value is -2.61. The Balaban J connectivity index is 1.77. The van der Waals surface area contributed by atoms with Crippen molar-refractivity contribution in [2.45, 2.75) is 37.8 Å². The minimum absolute atomic E-state index is 0.0526. The number of pyridine rings is 1. The zero-order chi connectivity index (χ0) is 21.2. The van der Waals surface area contributed by atoms with Crippen LogP contribution in [0.5, 0.6) is 5.75 Å². The second kappa shape index (κ2) is 6.73. The van der Waals surface area contributed by atoms with Gasteiger partial charge in [-0.15, -0.1) is 0 Å². The number of aromatic nitrogens is 1. The number of hydrogen-bond acceptors (Lipinski definition) is 5. The van der Waals surface area contributed by atoms with Crippen molar-refractivity contribution in [2.24, 2.45) is 5.92 Å². The van der Waals surface area contributed by atoms with Crippen molar-refractivity contribution in [1.82, 2.24) is 9.88 Å². The molecule has 2 N–H and O–H groups in total. The molecule has 5 rings (SSSR count). The number of halogens is 1. The lowest BCUT2D eigenvalue weighted by Gasteiger charge is -2.25. The molecule has 8 heteroatoms.